The third kappa shape index (κ3) is 14.7. The fourth-order valence-electron chi connectivity index (χ4n) is 0.851. The highest BCUT2D eigenvalue weighted by atomic mass is 32.2. The Bertz CT molecular complexity index is 252. The van der Waals surface area contributed by atoms with Gasteiger partial charge in [0.2, 0.25) is 5.91 Å². The fourth-order valence-corrected chi connectivity index (χ4v) is 1.42. The molecule has 0 unspecified atom stereocenters. The molecule has 5 nitrogen and oxygen atoms in total. The fraction of sp³-hybridized carbons (Fsp3) is 0.857. The molecule has 0 aliphatic carbocycles. The first-order chi connectivity index (χ1) is 5.92. The van der Waals surface area contributed by atoms with Crippen LogP contribution in [0.3, 0.4) is 0 Å². The van der Waals surface area contributed by atoms with Crippen LogP contribution in [0.15, 0.2) is 0 Å². The van der Waals surface area contributed by atoms with Gasteiger partial charge in [-0.1, -0.05) is 6.42 Å². The Hall–Kier alpha value is 0.146. The van der Waals surface area contributed by atoms with Crippen LogP contribution in [-0.2, 0) is 14.9 Å². The summed E-state index contributed by atoms with van der Waals surface area (Å²) >= 11 is 0. The van der Waals surface area contributed by atoms with Crippen molar-refractivity contribution in [1.82, 2.24) is 5.32 Å². The lowest BCUT2D eigenvalue weighted by Gasteiger charge is -2.00. The largest absolute Gasteiger partial charge is 0.356 e. The van der Waals surface area contributed by atoms with Crippen molar-refractivity contribution in [1.29, 1.82) is 0 Å². The Kier molecular flexibility index (Phi) is 10.0. The summed E-state index contributed by atoms with van der Waals surface area (Å²) in [6.07, 6.45) is 1.84. The number of rotatable bonds is 6. The van der Waals surface area contributed by atoms with Gasteiger partial charge in [0.15, 0.2) is 0 Å². The number of hydrogen-bond donors (Lipinski definition) is 2. The molecule has 0 atom stereocenters. The molecule has 0 aromatic rings. The van der Waals surface area contributed by atoms with Crippen molar-refractivity contribution < 1.29 is 17.8 Å². The van der Waals surface area contributed by atoms with Crippen molar-refractivity contribution in [2.45, 2.75) is 26.2 Å². The highest BCUT2D eigenvalue weighted by Crippen LogP contribution is 1.97. The minimum Gasteiger partial charge on any atom is -0.356 e. The van der Waals surface area contributed by atoms with Gasteiger partial charge < -0.3 is 5.32 Å². The Balaban J connectivity index is 0. The predicted octanol–water partition coefficient (Wildman–Crippen LogP) is -0.736. The molecule has 0 aromatic heterocycles. The maximum Gasteiger partial charge on any atom is 0.316 e. The zero-order valence-electron chi connectivity index (χ0n) is 7.62. The van der Waals surface area contributed by atoms with Gasteiger partial charge in [-0.3, -0.25) is 9.35 Å². The van der Waals surface area contributed by atoms with Gasteiger partial charge in [0.05, 0.1) is 5.75 Å². The van der Waals surface area contributed by atoms with Crippen LogP contribution in [0.5, 0.6) is 0 Å². The van der Waals surface area contributed by atoms with Crippen molar-refractivity contribution in [3.63, 3.8) is 0 Å². The third-order valence-electron chi connectivity index (χ3n) is 1.45. The van der Waals surface area contributed by atoms with Gasteiger partial charge in [0.25, 0.3) is 10.1 Å². The van der Waals surface area contributed by atoms with E-state index in [1.165, 1.54) is 6.92 Å². The molecule has 0 aromatic carbocycles. The van der Waals surface area contributed by atoms with Gasteiger partial charge in [-0.25, -0.2) is 0 Å². The van der Waals surface area contributed by atoms with E-state index < -0.39 is 10.1 Å². The molecule has 82 valence electrons. The van der Waals surface area contributed by atoms with E-state index in [1.54, 1.807) is 0 Å². The van der Waals surface area contributed by atoms with E-state index in [-0.39, 0.29) is 34.7 Å². The first-order valence-corrected chi connectivity index (χ1v) is 5.72. The summed E-state index contributed by atoms with van der Waals surface area (Å²) in [4.78, 5) is 10.4. The lowest BCUT2D eigenvalue weighted by Crippen LogP contribution is -2.20. The quantitative estimate of drug-likeness (QED) is 0.361. The van der Waals surface area contributed by atoms with Crippen LogP contribution < -0.4 is 5.32 Å². The van der Waals surface area contributed by atoms with Gasteiger partial charge in [0.1, 0.15) is 0 Å². The van der Waals surface area contributed by atoms with Crippen molar-refractivity contribution in [3.8, 4) is 0 Å². The van der Waals surface area contributed by atoms with E-state index in [2.05, 4.69) is 5.32 Å². The van der Waals surface area contributed by atoms with Crippen LogP contribution >= 0.6 is 0 Å². The molecular weight excluding hydrogens is 218 g/mol. The van der Waals surface area contributed by atoms with E-state index in [9.17, 15) is 13.2 Å². The number of carbonyl (C=O) groups is 1. The second-order valence-electron chi connectivity index (χ2n) is 2.83. The summed E-state index contributed by atoms with van der Waals surface area (Å²) in [5.74, 6) is -0.289. The van der Waals surface area contributed by atoms with Crippen molar-refractivity contribution in [2.75, 3.05) is 12.3 Å². The summed E-state index contributed by atoms with van der Waals surface area (Å²) in [6, 6.07) is 0. The Labute approximate surface area is 101 Å². The Morgan fingerprint density at radius 1 is 1.29 bits per heavy atom. The summed E-state index contributed by atoms with van der Waals surface area (Å²) in [5.41, 5.74) is 0. The smallest absolute Gasteiger partial charge is 0.316 e. The number of nitrogens with one attached hydrogen (secondary N) is 1. The molecule has 0 saturated carbocycles. The maximum absolute atomic E-state index is 10.4. The van der Waals surface area contributed by atoms with E-state index in [0.717, 1.165) is 6.42 Å². The molecule has 0 fully saturated rings. The minimum absolute atomic E-state index is 0. The number of hydrogen-bond acceptors (Lipinski definition) is 3. The van der Waals surface area contributed by atoms with Crippen molar-refractivity contribution in [2.24, 2.45) is 0 Å². The van der Waals surface area contributed by atoms with E-state index >= 15 is 0 Å². The monoisotopic (exact) mass is 235 g/mol. The number of amides is 1. The zero-order chi connectivity index (χ0) is 10.3. The first-order valence-electron chi connectivity index (χ1n) is 4.11. The van der Waals surface area contributed by atoms with Gasteiger partial charge in [-0.2, -0.15) is 8.42 Å². The molecule has 14 heavy (non-hydrogen) atoms. The van der Waals surface area contributed by atoms with Crippen LogP contribution in [-0.4, -0.2) is 54.2 Å². The zero-order valence-corrected chi connectivity index (χ0v) is 8.43. The Morgan fingerprint density at radius 3 is 2.29 bits per heavy atom. The second-order valence-corrected chi connectivity index (χ2v) is 4.40. The summed E-state index contributed by atoms with van der Waals surface area (Å²) < 4.78 is 28.9. The first kappa shape index (κ1) is 16.6. The van der Waals surface area contributed by atoms with E-state index in [1.807, 2.05) is 0 Å². The van der Waals surface area contributed by atoms with Crippen LogP contribution in [0.2, 0.25) is 0 Å². The van der Waals surface area contributed by atoms with Crippen molar-refractivity contribution in [3.05, 3.63) is 0 Å². The topological polar surface area (TPSA) is 83.5 Å². The SMILES string of the molecule is CC(=O)NCCCCCS(=O)(=O)O.[MgH2]. The molecule has 2 N–H and O–H groups in total. The molecule has 0 radical (unpaired) electrons. The van der Waals surface area contributed by atoms with Crippen LogP contribution in [0.1, 0.15) is 26.2 Å². The second kappa shape index (κ2) is 8.45. The third-order valence-corrected chi connectivity index (χ3v) is 2.26. The molecule has 0 saturated heterocycles. The highest BCUT2D eigenvalue weighted by Gasteiger charge is 2.02. The average Bonchev–Trinajstić information content (AvgIpc) is 1.93. The van der Waals surface area contributed by atoms with E-state index in [0.29, 0.717) is 19.4 Å². The summed E-state index contributed by atoms with van der Waals surface area (Å²) in [6.45, 7) is 1.99. The summed E-state index contributed by atoms with van der Waals surface area (Å²) in [7, 11) is -3.81. The van der Waals surface area contributed by atoms with Crippen LogP contribution in [0, 0.1) is 0 Å². The van der Waals surface area contributed by atoms with Crippen LogP contribution in [0.25, 0.3) is 0 Å². The lowest BCUT2D eigenvalue weighted by atomic mass is 10.2. The predicted molar refractivity (Wildman–Crippen MR) is 57.5 cm³/mol. The van der Waals surface area contributed by atoms with Crippen molar-refractivity contribution >= 4 is 39.1 Å². The molecule has 1 amide bonds. The molecular formula is C7H17MgNO4S. The van der Waals surface area contributed by atoms with Crippen LogP contribution in [0.4, 0.5) is 0 Å². The maximum atomic E-state index is 10.4. The lowest BCUT2D eigenvalue weighted by molar-refractivity contribution is -0.118. The van der Waals surface area contributed by atoms with E-state index in [4.69, 9.17) is 4.55 Å². The molecule has 0 heterocycles. The normalized spacial score (nSPS) is 10.4. The molecule has 0 aliphatic rings. The van der Waals surface area contributed by atoms with Gasteiger partial charge in [-0.05, 0) is 12.8 Å². The van der Waals surface area contributed by atoms with Gasteiger partial charge >= 0.3 is 23.1 Å². The Morgan fingerprint density at radius 2 is 1.86 bits per heavy atom. The molecule has 0 spiro atoms. The molecule has 0 rings (SSSR count). The summed E-state index contributed by atoms with van der Waals surface area (Å²) in [5, 5.41) is 2.59. The molecule has 0 aliphatic heterocycles. The number of unbranched alkanes of at least 4 members (excludes halogenated alkanes) is 2. The van der Waals surface area contributed by atoms with Gasteiger partial charge in [0, 0.05) is 13.5 Å². The standard InChI is InChI=1S/C7H15NO4S.Mg.2H/c1-7(9)8-5-3-2-4-6-13(10,11)12;;;/h2-6H2,1H3,(H,8,9)(H,10,11,12);;;. The molecule has 7 heteroatoms. The van der Waals surface area contributed by atoms with Gasteiger partial charge in [-0.15, -0.1) is 0 Å². The highest BCUT2D eigenvalue weighted by molar-refractivity contribution is 7.85. The average molecular weight is 236 g/mol. The number of carbonyl (C=O) groups excluding carboxylic acids is 1. The minimum atomic E-state index is -3.81. The molecule has 0 bridgehead atoms.